The molecule has 0 radical (unpaired) electrons. The van der Waals surface area contributed by atoms with Crippen molar-refractivity contribution < 1.29 is 15.0 Å². The maximum Gasteiger partial charge on any atom is 0.220 e. The van der Waals surface area contributed by atoms with Gasteiger partial charge in [0.05, 0.1) is 18.8 Å². The van der Waals surface area contributed by atoms with Crippen molar-refractivity contribution in [3.63, 3.8) is 0 Å². The summed E-state index contributed by atoms with van der Waals surface area (Å²) in [5, 5.41) is 23.0. The average molecular weight is 716 g/mol. The van der Waals surface area contributed by atoms with E-state index in [1.807, 2.05) is 6.08 Å². The maximum atomic E-state index is 12.4. The van der Waals surface area contributed by atoms with E-state index in [1.54, 1.807) is 6.08 Å². The van der Waals surface area contributed by atoms with Gasteiger partial charge in [-0.05, 0) is 57.8 Å². The summed E-state index contributed by atoms with van der Waals surface area (Å²) in [6.07, 6.45) is 56.9. The van der Waals surface area contributed by atoms with Crippen LogP contribution in [-0.2, 0) is 4.79 Å². The first-order valence-electron chi connectivity index (χ1n) is 22.7. The molecule has 0 aromatic carbocycles. The Balaban J connectivity index is 3.60. The van der Waals surface area contributed by atoms with Gasteiger partial charge in [-0.3, -0.25) is 4.79 Å². The Kier molecular flexibility index (Phi) is 41.8. The van der Waals surface area contributed by atoms with E-state index in [9.17, 15) is 15.0 Å². The van der Waals surface area contributed by atoms with Crippen molar-refractivity contribution in [3.8, 4) is 0 Å². The van der Waals surface area contributed by atoms with E-state index >= 15 is 0 Å². The Hall–Kier alpha value is -1.39. The summed E-state index contributed by atoms with van der Waals surface area (Å²) in [5.41, 5.74) is 0. The average Bonchev–Trinajstić information content (AvgIpc) is 3.13. The van der Waals surface area contributed by atoms with Crippen LogP contribution < -0.4 is 5.32 Å². The van der Waals surface area contributed by atoms with Crippen LogP contribution in [0.3, 0.4) is 0 Å². The highest BCUT2D eigenvalue weighted by Crippen LogP contribution is 2.15. The van der Waals surface area contributed by atoms with Crippen LogP contribution in [0.2, 0.25) is 0 Å². The van der Waals surface area contributed by atoms with E-state index in [-0.39, 0.29) is 12.5 Å². The Morgan fingerprint density at radius 1 is 0.451 bits per heavy atom. The van der Waals surface area contributed by atoms with E-state index in [0.29, 0.717) is 6.42 Å². The van der Waals surface area contributed by atoms with Gasteiger partial charge in [0.25, 0.3) is 0 Å². The zero-order valence-electron chi connectivity index (χ0n) is 34.4. The number of allylic oxidation sites excluding steroid dienone is 5. The highest BCUT2D eigenvalue weighted by molar-refractivity contribution is 5.76. The standard InChI is InChI=1S/C47H89NO3/c1-3-5-7-9-11-13-15-17-19-21-23-24-25-26-28-30-32-34-36-38-40-42-46(50)45(44-49)48-47(51)43-41-39-37-35-33-31-29-27-22-20-18-16-14-12-10-8-6-4-2/h20,22,32,34,40,42,45-46,49-50H,3-19,21,23-31,33,35-39,41,43-44H2,1-2H3,(H,48,51)/b22-20-,34-32+,42-40+. The van der Waals surface area contributed by atoms with Gasteiger partial charge in [0.1, 0.15) is 0 Å². The molecule has 2 atom stereocenters. The van der Waals surface area contributed by atoms with Gasteiger partial charge in [-0.1, -0.05) is 211 Å². The third kappa shape index (κ3) is 39.6. The fourth-order valence-electron chi connectivity index (χ4n) is 6.84. The molecule has 0 heterocycles. The molecule has 4 nitrogen and oxygen atoms in total. The lowest BCUT2D eigenvalue weighted by Gasteiger charge is -2.19. The molecule has 300 valence electrons. The molecule has 0 aliphatic heterocycles. The predicted molar refractivity (Wildman–Crippen MR) is 225 cm³/mol. The van der Waals surface area contributed by atoms with Crippen molar-refractivity contribution >= 4 is 5.91 Å². The van der Waals surface area contributed by atoms with Gasteiger partial charge >= 0.3 is 0 Å². The lowest BCUT2D eigenvalue weighted by Crippen LogP contribution is -2.45. The molecular weight excluding hydrogens is 627 g/mol. The van der Waals surface area contributed by atoms with E-state index < -0.39 is 12.1 Å². The van der Waals surface area contributed by atoms with E-state index in [2.05, 4.69) is 43.5 Å². The summed E-state index contributed by atoms with van der Waals surface area (Å²) in [5.74, 6) is -0.0773. The van der Waals surface area contributed by atoms with Crippen LogP contribution in [0.25, 0.3) is 0 Å². The molecule has 0 saturated heterocycles. The highest BCUT2D eigenvalue weighted by Gasteiger charge is 2.17. The molecule has 0 fully saturated rings. The van der Waals surface area contributed by atoms with Crippen molar-refractivity contribution in [2.75, 3.05) is 6.61 Å². The largest absolute Gasteiger partial charge is 0.394 e. The van der Waals surface area contributed by atoms with E-state index in [0.717, 1.165) is 32.1 Å². The molecule has 0 spiro atoms. The summed E-state index contributed by atoms with van der Waals surface area (Å²) in [7, 11) is 0. The first-order chi connectivity index (χ1) is 25.2. The molecule has 0 bridgehead atoms. The first-order valence-corrected chi connectivity index (χ1v) is 22.7. The number of aliphatic hydroxyl groups is 2. The van der Waals surface area contributed by atoms with Crippen LogP contribution >= 0.6 is 0 Å². The first kappa shape index (κ1) is 49.6. The molecule has 0 aliphatic rings. The van der Waals surface area contributed by atoms with Gasteiger partial charge in [0.2, 0.25) is 5.91 Å². The number of aliphatic hydroxyl groups excluding tert-OH is 2. The Labute approximate surface area is 319 Å². The normalized spacial score (nSPS) is 13.3. The second-order valence-corrected chi connectivity index (χ2v) is 15.5. The molecule has 0 saturated carbocycles. The molecule has 51 heavy (non-hydrogen) atoms. The maximum absolute atomic E-state index is 12.4. The van der Waals surface area contributed by atoms with Crippen molar-refractivity contribution in [2.45, 2.75) is 251 Å². The summed E-state index contributed by atoms with van der Waals surface area (Å²) in [4.78, 5) is 12.4. The summed E-state index contributed by atoms with van der Waals surface area (Å²) in [6, 6.07) is -0.640. The SMILES string of the molecule is CCCCCCCCC/C=C\CCCCCCCCCC(=O)NC(CO)C(O)/C=C/CC/C=C/CCCCCCCCCCCCCCCCC. The Morgan fingerprint density at radius 3 is 1.14 bits per heavy atom. The fraction of sp³-hybridized carbons (Fsp3) is 0.851. The van der Waals surface area contributed by atoms with E-state index in [1.165, 1.54) is 186 Å². The van der Waals surface area contributed by atoms with Gasteiger partial charge in [0.15, 0.2) is 0 Å². The minimum Gasteiger partial charge on any atom is -0.394 e. The zero-order chi connectivity index (χ0) is 37.1. The molecule has 0 rings (SSSR count). The van der Waals surface area contributed by atoms with Gasteiger partial charge in [-0.15, -0.1) is 0 Å². The summed E-state index contributed by atoms with van der Waals surface area (Å²) in [6.45, 7) is 4.30. The van der Waals surface area contributed by atoms with Gasteiger partial charge in [0, 0.05) is 6.42 Å². The predicted octanol–water partition coefficient (Wildman–Crippen LogP) is 14.2. The van der Waals surface area contributed by atoms with Crippen LogP contribution in [0.5, 0.6) is 0 Å². The second kappa shape index (κ2) is 43.0. The second-order valence-electron chi connectivity index (χ2n) is 15.5. The van der Waals surface area contributed by atoms with Gasteiger partial charge in [-0.2, -0.15) is 0 Å². The molecule has 3 N–H and O–H groups in total. The van der Waals surface area contributed by atoms with Crippen LogP contribution in [0.15, 0.2) is 36.5 Å². The highest BCUT2D eigenvalue weighted by atomic mass is 16.3. The van der Waals surface area contributed by atoms with Crippen molar-refractivity contribution in [1.82, 2.24) is 5.32 Å². The number of amides is 1. The van der Waals surface area contributed by atoms with Crippen LogP contribution in [-0.4, -0.2) is 34.9 Å². The zero-order valence-corrected chi connectivity index (χ0v) is 34.4. The van der Waals surface area contributed by atoms with Crippen LogP contribution in [0, 0.1) is 0 Å². The molecule has 0 aromatic rings. The van der Waals surface area contributed by atoms with Crippen molar-refractivity contribution in [2.24, 2.45) is 0 Å². The van der Waals surface area contributed by atoms with E-state index in [4.69, 9.17) is 0 Å². The summed E-state index contributed by atoms with van der Waals surface area (Å²) >= 11 is 0. The van der Waals surface area contributed by atoms with Crippen LogP contribution in [0.4, 0.5) is 0 Å². The number of nitrogens with one attached hydrogen (secondary N) is 1. The molecule has 0 aliphatic carbocycles. The number of hydrogen-bond acceptors (Lipinski definition) is 3. The van der Waals surface area contributed by atoms with Crippen molar-refractivity contribution in [1.29, 1.82) is 0 Å². The number of unbranched alkanes of at least 4 members (excludes halogenated alkanes) is 30. The molecule has 1 amide bonds. The Bertz CT molecular complexity index is 775. The third-order valence-corrected chi connectivity index (χ3v) is 10.3. The molecule has 4 heteroatoms. The number of carbonyl (C=O) groups excluding carboxylic acids is 1. The number of carbonyl (C=O) groups is 1. The quantitative estimate of drug-likeness (QED) is 0.0436. The monoisotopic (exact) mass is 716 g/mol. The van der Waals surface area contributed by atoms with Gasteiger partial charge in [-0.25, -0.2) is 0 Å². The topological polar surface area (TPSA) is 69.6 Å². The number of rotatable bonds is 41. The summed E-state index contributed by atoms with van der Waals surface area (Å²) < 4.78 is 0. The Morgan fingerprint density at radius 2 is 0.765 bits per heavy atom. The molecule has 0 aromatic heterocycles. The molecular formula is C47H89NO3. The van der Waals surface area contributed by atoms with Gasteiger partial charge < -0.3 is 15.5 Å². The fourth-order valence-corrected chi connectivity index (χ4v) is 6.84. The molecule has 2 unspecified atom stereocenters. The smallest absolute Gasteiger partial charge is 0.220 e. The van der Waals surface area contributed by atoms with Crippen LogP contribution in [0.1, 0.15) is 239 Å². The van der Waals surface area contributed by atoms with Crippen molar-refractivity contribution in [3.05, 3.63) is 36.5 Å². The lowest BCUT2D eigenvalue weighted by molar-refractivity contribution is -0.123. The minimum absolute atomic E-state index is 0.0773. The number of hydrogen-bond donors (Lipinski definition) is 3. The minimum atomic E-state index is -0.863. The third-order valence-electron chi connectivity index (χ3n) is 10.3. The lowest BCUT2D eigenvalue weighted by atomic mass is 10.0.